The highest BCUT2D eigenvalue weighted by Gasteiger charge is 2.43. The smallest absolute Gasteiger partial charge is 0.253 e. The number of likely N-dealkylation sites (tertiary alicyclic amines) is 1. The molecule has 1 saturated carbocycles. The van der Waals surface area contributed by atoms with Crippen molar-refractivity contribution in [3.05, 3.63) is 48.0 Å². The second kappa shape index (κ2) is 7.88. The van der Waals surface area contributed by atoms with Crippen molar-refractivity contribution in [3.63, 3.8) is 0 Å². The van der Waals surface area contributed by atoms with Crippen LogP contribution in [0.1, 0.15) is 53.6 Å². The largest absolute Gasteiger partial charge is 0.391 e. The first kappa shape index (κ1) is 18.8. The minimum atomic E-state index is -0.433. The van der Waals surface area contributed by atoms with Crippen LogP contribution in [0.2, 0.25) is 0 Å². The van der Waals surface area contributed by atoms with Gasteiger partial charge in [0, 0.05) is 18.7 Å². The zero-order chi connectivity index (χ0) is 19.8. The van der Waals surface area contributed by atoms with Crippen molar-refractivity contribution in [1.29, 1.82) is 0 Å². The Morgan fingerprint density at radius 2 is 1.79 bits per heavy atom. The molecule has 2 saturated heterocycles. The normalized spacial score (nSPS) is 30.3. The van der Waals surface area contributed by atoms with E-state index in [0.29, 0.717) is 24.2 Å². The monoisotopic (exact) mass is 395 g/mol. The Hall–Kier alpha value is -2.25. The van der Waals surface area contributed by atoms with Crippen molar-refractivity contribution in [1.82, 2.24) is 25.0 Å². The fourth-order valence-corrected chi connectivity index (χ4v) is 5.48. The summed E-state index contributed by atoms with van der Waals surface area (Å²) in [5.74, 6) is 1.49. The van der Waals surface area contributed by atoms with Gasteiger partial charge in [0.25, 0.3) is 5.91 Å². The standard InChI is InChI=1S/C22H29N5O2/c28-21-10-19-12-26(11-18(19)9-20(21)27-14-24-13-25-27)22(29)17-3-1-15(2-4-17)16-5-7-23-8-6-16/h1-4,13-14,16,18-21,23,28H,5-12H2/t18-,19+,20-,21-/m1/s1. The van der Waals surface area contributed by atoms with Gasteiger partial charge in [-0.3, -0.25) is 4.79 Å². The van der Waals surface area contributed by atoms with E-state index in [4.69, 9.17) is 0 Å². The number of piperidine rings is 1. The molecule has 0 bridgehead atoms. The van der Waals surface area contributed by atoms with Crippen molar-refractivity contribution in [2.45, 2.75) is 43.7 Å². The van der Waals surface area contributed by atoms with Gasteiger partial charge in [0.1, 0.15) is 12.7 Å². The summed E-state index contributed by atoms with van der Waals surface area (Å²) >= 11 is 0. The first-order valence-electron chi connectivity index (χ1n) is 10.8. The first-order valence-corrected chi connectivity index (χ1v) is 10.8. The maximum atomic E-state index is 13.1. The summed E-state index contributed by atoms with van der Waals surface area (Å²) in [7, 11) is 0. The lowest BCUT2D eigenvalue weighted by Crippen LogP contribution is -2.36. The number of rotatable bonds is 3. The molecule has 3 aliphatic rings. The molecule has 0 radical (unpaired) electrons. The Balaban J connectivity index is 1.24. The molecular formula is C22H29N5O2. The number of aliphatic hydroxyl groups excluding tert-OH is 1. The van der Waals surface area contributed by atoms with E-state index in [0.717, 1.165) is 51.0 Å². The number of nitrogens with one attached hydrogen (secondary N) is 1. The Labute approximate surface area is 171 Å². The van der Waals surface area contributed by atoms with Crippen molar-refractivity contribution in [3.8, 4) is 0 Å². The Bertz CT molecular complexity index is 831. The number of hydrogen-bond acceptors (Lipinski definition) is 5. The van der Waals surface area contributed by atoms with Crippen LogP contribution in [0.15, 0.2) is 36.9 Å². The van der Waals surface area contributed by atoms with E-state index in [2.05, 4.69) is 27.5 Å². The van der Waals surface area contributed by atoms with Crippen LogP contribution in [0.25, 0.3) is 0 Å². The van der Waals surface area contributed by atoms with Crippen molar-refractivity contribution < 1.29 is 9.90 Å². The molecule has 0 spiro atoms. The number of aromatic nitrogens is 3. The molecule has 2 aliphatic heterocycles. The van der Waals surface area contributed by atoms with Gasteiger partial charge in [0.15, 0.2) is 0 Å². The fourth-order valence-electron chi connectivity index (χ4n) is 5.48. The van der Waals surface area contributed by atoms with Crippen molar-refractivity contribution in [2.24, 2.45) is 11.8 Å². The van der Waals surface area contributed by atoms with E-state index in [9.17, 15) is 9.90 Å². The molecule has 5 rings (SSSR count). The molecule has 29 heavy (non-hydrogen) atoms. The number of hydrogen-bond donors (Lipinski definition) is 2. The van der Waals surface area contributed by atoms with Crippen LogP contribution in [-0.4, -0.2) is 63.0 Å². The van der Waals surface area contributed by atoms with Crippen LogP contribution in [0, 0.1) is 11.8 Å². The average molecular weight is 396 g/mol. The van der Waals surface area contributed by atoms with Crippen molar-refractivity contribution in [2.75, 3.05) is 26.2 Å². The molecular weight excluding hydrogens is 366 g/mol. The zero-order valence-electron chi connectivity index (χ0n) is 16.7. The molecule has 1 aromatic heterocycles. The molecule has 1 aliphatic carbocycles. The van der Waals surface area contributed by atoms with Crippen LogP contribution in [-0.2, 0) is 0 Å². The molecule has 154 valence electrons. The summed E-state index contributed by atoms with van der Waals surface area (Å²) in [6.45, 7) is 3.64. The van der Waals surface area contributed by atoms with Gasteiger partial charge in [-0.25, -0.2) is 9.67 Å². The predicted octanol–water partition coefficient (Wildman–Crippen LogP) is 1.83. The van der Waals surface area contributed by atoms with Gasteiger partial charge in [-0.05, 0) is 74.2 Å². The highest BCUT2D eigenvalue weighted by Crippen LogP contribution is 2.41. The lowest BCUT2D eigenvalue weighted by atomic mass is 9.77. The quantitative estimate of drug-likeness (QED) is 0.829. The number of carbonyl (C=O) groups excluding carboxylic acids is 1. The highest BCUT2D eigenvalue weighted by molar-refractivity contribution is 5.94. The summed E-state index contributed by atoms with van der Waals surface area (Å²) in [4.78, 5) is 19.1. The lowest BCUT2D eigenvalue weighted by Gasteiger charge is -2.34. The Morgan fingerprint density at radius 1 is 1.07 bits per heavy atom. The predicted molar refractivity (Wildman–Crippen MR) is 108 cm³/mol. The fraction of sp³-hybridized carbons (Fsp3) is 0.591. The molecule has 3 fully saturated rings. The van der Waals surface area contributed by atoms with E-state index < -0.39 is 6.10 Å². The second-order valence-electron chi connectivity index (χ2n) is 8.86. The van der Waals surface area contributed by atoms with Crippen molar-refractivity contribution >= 4 is 5.91 Å². The van der Waals surface area contributed by atoms with E-state index in [-0.39, 0.29) is 11.9 Å². The molecule has 2 N–H and O–H groups in total. The third-order valence-corrected chi connectivity index (χ3v) is 7.14. The minimum Gasteiger partial charge on any atom is -0.391 e. The van der Waals surface area contributed by atoms with E-state index in [1.165, 1.54) is 11.9 Å². The van der Waals surface area contributed by atoms with Gasteiger partial charge >= 0.3 is 0 Å². The molecule has 2 aromatic rings. The van der Waals surface area contributed by atoms with E-state index >= 15 is 0 Å². The summed E-state index contributed by atoms with van der Waals surface area (Å²) in [5.41, 5.74) is 2.12. The molecule has 3 heterocycles. The zero-order valence-corrected chi connectivity index (χ0v) is 16.7. The number of fused-ring (bicyclic) bond motifs is 1. The lowest BCUT2D eigenvalue weighted by molar-refractivity contribution is 0.0304. The highest BCUT2D eigenvalue weighted by atomic mass is 16.3. The molecule has 0 unspecified atom stereocenters. The molecule has 1 aromatic carbocycles. The van der Waals surface area contributed by atoms with E-state index in [1.54, 1.807) is 11.0 Å². The minimum absolute atomic E-state index is 0.0435. The van der Waals surface area contributed by atoms with Crippen LogP contribution < -0.4 is 5.32 Å². The van der Waals surface area contributed by atoms with Gasteiger partial charge in [0.2, 0.25) is 0 Å². The molecule has 7 nitrogen and oxygen atoms in total. The van der Waals surface area contributed by atoms with E-state index in [1.807, 2.05) is 17.0 Å². The second-order valence-corrected chi connectivity index (χ2v) is 8.86. The number of aliphatic hydroxyl groups is 1. The van der Waals surface area contributed by atoms with Crippen LogP contribution in [0.3, 0.4) is 0 Å². The summed E-state index contributed by atoms with van der Waals surface area (Å²) in [6, 6.07) is 8.22. The van der Waals surface area contributed by atoms with Crippen LogP contribution in [0.5, 0.6) is 0 Å². The van der Waals surface area contributed by atoms with Gasteiger partial charge in [-0.2, -0.15) is 5.10 Å². The number of amides is 1. The Kier molecular flexibility index (Phi) is 5.09. The van der Waals surface area contributed by atoms with Gasteiger partial charge in [-0.1, -0.05) is 12.1 Å². The average Bonchev–Trinajstić information content (AvgIpc) is 3.43. The first-order chi connectivity index (χ1) is 14.2. The third kappa shape index (κ3) is 3.69. The maximum absolute atomic E-state index is 13.1. The maximum Gasteiger partial charge on any atom is 0.253 e. The third-order valence-electron chi connectivity index (χ3n) is 7.14. The molecule has 7 heteroatoms. The Morgan fingerprint density at radius 3 is 2.48 bits per heavy atom. The van der Waals surface area contributed by atoms with Crippen LogP contribution >= 0.6 is 0 Å². The van der Waals surface area contributed by atoms with Crippen LogP contribution in [0.4, 0.5) is 0 Å². The number of carbonyl (C=O) groups is 1. The summed E-state index contributed by atoms with van der Waals surface area (Å²) in [6.07, 6.45) is 6.64. The van der Waals surface area contributed by atoms with Gasteiger partial charge in [0.05, 0.1) is 12.1 Å². The molecule has 1 amide bonds. The summed E-state index contributed by atoms with van der Waals surface area (Å²) in [5, 5.41) is 18.2. The number of nitrogens with zero attached hydrogens (tertiary/aromatic N) is 4. The van der Waals surface area contributed by atoms with Gasteiger partial charge in [-0.15, -0.1) is 0 Å². The SMILES string of the molecule is O=C(c1ccc(C2CCNCC2)cc1)N1C[C@H]2C[C@@H](n3cncn3)[C@H](O)C[C@H]2C1. The topological polar surface area (TPSA) is 83.3 Å². The molecule has 4 atom stereocenters. The van der Waals surface area contributed by atoms with Gasteiger partial charge < -0.3 is 15.3 Å². The number of benzene rings is 1. The summed E-state index contributed by atoms with van der Waals surface area (Å²) < 4.78 is 1.77.